The van der Waals surface area contributed by atoms with Gasteiger partial charge in [-0.1, -0.05) is 67.3 Å². The molecule has 3 rings (SSSR count). The minimum Gasteiger partial charge on any atom is -0.425 e. The molecule has 0 unspecified atom stereocenters. The molecule has 27 heavy (non-hydrogen) atoms. The van der Waals surface area contributed by atoms with E-state index in [0.29, 0.717) is 0 Å². The average molecular weight is 415 g/mol. The number of hydrogen-bond acceptors (Lipinski definition) is 1. The van der Waals surface area contributed by atoms with Crippen molar-refractivity contribution in [1.29, 1.82) is 0 Å². The Kier molecular flexibility index (Phi) is 14.6. The van der Waals surface area contributed by atoms with Gasteiger partial charge < -0.3 is 20.2 Å². The quantitative estimate of drug-likeness (QED) is 0.444. The molecule has 0 bridgehead atoms. The maximum Gasteiger partial charge on any atom is 3.00 e. The van der Waals surface area contributed by atoms with Gasteiger partial charge in [-0.05, 0) is 43.9 Å². The summed E-state index contributed by atoms with van der Waals surface area (Å²) in [6, 6.07) is 4.49. The summed E-state index contributed by atoms with van der Waals surface area (Å²) in [5.41, 5.74) is 5.07. The second kappa shape index (κ2) is 12.9. The second-order valence-electron chi connectivity index (χ2n) is 6.81. The molecule has 0 atom stereocenters. The summed E-state index contributed by atoms with van der Waals surface area (Å²) in [7, 11) is 0. The van der Waals surface area contributed by atoms with Crippen LogP contribution >= 0.6 is 0 Å². The van der Waals surface area contributed by atoms with Crippen molar-refractivity contribution in [2.75, 3.05) is 0 Å². The Morgan fingerprint density at radius 2 is 1.78 bits per heavy atom. The van der Waals surface area contributed by atoms with Crippen LogP contribution in [0.2, 0.25) is 0 Å². The molecule has 3 heteroatoms. The van der Waals surface area contributed by atoms with Crippen LogP contribution in [-0.4, -0.2) is 16.5 Å². The van der Waals surface area contributed by atoms with Crippen molar-refractivity contribution in [3.63, 3.8) is 0 Å². The van der Waals surface area contributed by atoms with Crippen LogP contribution in [0.4, 0.5) is 0 Å². The van der Waals surface area contributed by atoms with Gasteiger partial charge in [-0.3, -0.25) is 0 Å². The molecule has 0 spiro atoms. The first-order valence-electron chi connectivity index (χ1n) is 8.05. The van der Waals surface area contributed by atoms with Crippen LogP contribution in [0.3, 0.4) is 0 Å². The topological polar surface area (TPSA) is 12.0 Å². The minimum absolute atomic E-state index is 0. The molecule has 0 saturated heterocycles. The van der Waals surface area contributed by atoms with E-state index in [4.69, 9.17) is 0 Å². The Labute approximate surface area is 186 Å². The summed E-state index contributed by atoms with van der Waals surface area (Å²) < 4.78 is 0. The summed E-state index contributed by atoms with van der Waals surface area (Å²) in [6.07, 6.45) is 15.5. The van der Waals surface area contributed by atoms with Crippen molar-refractivity contribution in [3.8, 4) is 0 Å². The summed E-state index contributed by atoms with van der Waals surface area (Å²) in [5.74, 6) is 0. The van der Waals surface area contributed by atoms with Crippen molar-refractivity contribution in [3.05, 3.63) is 85.0 Å². The fourth-order valence-corrected chi connectivity index (χ4v) is 2.63. The van der Waals surface area contributed by atoms with E-state index in [1.165, 1.54) is 32.8 Å². The van der Waals surface area contributed by atoms with Crippen LogP contribution in [0.15, 0.2) is 48.6 Å². The molecule has 0 heterocycles. The maximum absolute atomic E-state index is 3.60. The molecule has 1 nitrogen and oxygen atoms in total. The monoisotopic (exact) mass is 414 g/mol. The van der Waals surface area contributed by atoms with Gasteiger partial charge in [0, 0.05) is 5.54 Å². The summed E-state index contributed by atoms with van der Waals surface area (Å²) in [6.45, 7) is 14.1. The molecule has 0 fully saturated rings. The first kappa shape index (κ1) is 30.4. The molecule has 145 valence electrons. The van der Waals surface area contributed by atoms with E-state index in [-0.39, 0.29) is 53.1 Å². The van der Waals surface area contributed by atoms with E-state index in [1.54, 1.807) is 6.08 Å². The van der Waals surface area contributed by atoms with Crippen LogP contribution in [0.5, 0.6) is 0 Å². The first-order valence-corrected chi connectivity index (χ1v) is 8.05. The van der Waals surface area contributed by atoms with E-state index < -0.39 is 0 Å². The third-order valence-corrected chi connectivity index (χ3v) is 3.57. The summed E-state index contributed by atoms with van der Waals surface area (Å²) in [5, 5.41) is 6.11. The predicted molar refractivity (Wildman–Crippen MR) is 127 cm³/mol. The van der Waals surface area contributed by atoms with Gasteiger partial charge >= 0.3 is 21.7 Å². The van der Waals surface area contributed by atoms with Gasteiger partial charge in [0.2, 0.25) is 0 Å². The number of allylic oxidation sites excluding steroid dienone is 5. The molecule has 1 aromatic carbocycles. The third-order valence-electron chi connectivity index (χ3n) is 3.57. The fraction of sp³-hybridized carbons (Fsp3) is 0.250. The number of hydrogen-bond donors (Lipinski definition) is 1. The van der Waals surface area contributed by atoms with E-state index in [9.17, 15) is 0 Å². The van der Waals surface area contributed by atoms with E-state index in [0.717, 1.165) is 0 Å². The molecule has 0 amide bonds. The van der Waals surface area contributed by atoms with Gasteiger partial charge in [-0.2, -0.15) is 0 Å². The Hall–Kier alpha value is -1.35. The van der Waals surface area contributed by atoms with Crippen LogP contribution in [0.1, 0.15) is 45.7 Å². The van der Waals surface area contributed by atoms with E-state index >= 15 is 0 Å². The van der Waals surface area contributed by atoms with Crippen LogP contribution in [-0.2, 0) is 21.7 Å². The van der Waals surface area contributed by atoms with Crippen molar-refractivity contribution >= 4 is 34.9 Å². The zero-order valence-electron chi connectivity index (χ0n) is 17.3. The average Bonchev–Trinajstić information content (AvgIpc) is 3.02. The summed E-state index contributed by atoms with van der Waals surface area (Å²) in [4.78, 5) is 0. The largest absolute Gasteiger partial charge is 3.00 e. The number of nitrogens with one attached hydrogen (secondary N) is 1. The molecule has 1 aromatic rings. The van der Waals surface area contributed by atoms with E-state index in [1.807, 2.05) is 19.1 Å². The standard InChI is InChI=1S/C17H18N.C5H8.2CH3.H4Si.Ti/c1-11-8-14-9-12-6-5-7-13(12)10-15(14)16(11)18-17(2,3)4;1-3-5-4-2;;;;/h5-7,9-10,18H,1-4H3;3-5H,1H2,2H3;2*1H3;1H4;/q-1;;2*-1;;+3. The van der Waals surface area contributed by atoms with E-state index in [2.05, 4.69) is 76.0 Å². The molecule has 0 saturated carbocycles. The van der Waals surface area contributed by atoms with Crippen LogP contribution in [0.25, 0.3) is 23.9 Å². The van der Waals surface area contributed by atoms with Gasteiger partial charge in [0.1, 0.15) is 0 Å². The minimum atomic E-state index is 0. The molecule has 2 aliphatic rings. The van der Waals surface area contributed by atoms with Crippen molar-refractivity contribution < 1.29 is 21.7 Å². The fourth-order valence-electron chi connectivity index (χ4n) is 2.63. The second-order valence-corrected chi connectivity index (χ2v) is 6.81. The van der Waals surface area contributed by atoms with Crippen molar-refractivity contribution in [2.45, 2.75) is 40.2 Å². The van der Waals surface area contributed by atoms with Crippen molar-refractivity contribution in [2.24, 2.45) is 0 Å². The van der Waals surface area contributed by atoms with Crippen molar-refractivity contribution in [1.82, 2.24) is 5.32 Å². The number of fused-ring (bicyclic) bond motifs is 2. The van der Waals surface area contributed by atoms with Gasteiger partial charge in [0.05, 0.1) is 0 Å². The molecular formula is C24H36NSiTi. The SMILES string of the molecule is C=CC=CC.CC1=C(NC(C)(C)C)c2cc3c(cc2=[C-]1)C=CC=3.[CH3-].[CH3-].[SiH4].[Ti+3]. The number of rotatable bonds is 2. The van der Waals surface area contributed by atoms with Crippen LogP contribution < -0.4 is 15.8 Å². The number of benzene rings is 1. The third kappa shape index (κ3) is 8.04. The Morgan fingerprint density at radius 3 is 2.26 bits per heavy atom. The molecular weight excluding hydrogens is 378 g/mol. The Balaban J connectivity index is -0.000000577. The zero-order chi connectivity index (χ0) is 17.0. The van der Waals surface area contributed by atoms with Gasteiger partial charge in [-0.15, -0.1) is 28.5 Å². The molecule has 0 aliphatic heterocycles. The molecule has 2 aliphatic carbocycles. The van der Waals surface area contributed by atoms with Gasteiger partial charge in [-0.25, -0.2) is 0 Å². The van der Waals surface area contributed by atoms with Crippen LogP contribution in [0, 0.1) is 14.9 Å². The van der Waals surface area contributed by atoms with Gasteiger partial charge in [0.25, 0.3) is 0 Å². The zero-order valence-corrected chi connectivity index (χ0v) is 18.9. The molecule has 1 radical (unpaired) electrons. The smallest absolute Gasteiger partial charge is 0.425 e. The predicted octanol–water partition coefficient (Wildman–Crippen LogP) is 3.48. The molecule has 0 aromatic heterocycles. The maximum atomic E-state index is 3.60. The first-order chi connectivity index (χ1) is 10.9. The van der Waals surface area contributed by atoms with Gasteiger partial charge in [0.15, 0.2) is 0 Å². The normalized spacial score (nSPS) is 12.5. The Morgan fingerprint density at radius 1 is 1.15 bits per heavy atom. The Bertz CT molecular complexity index is 821. The molecule has 1 N–H and O–H groups in total. The summed E-state index contributed by atoms with van der Waals surface area (Å²) >= 11 is 0.